The molecule has 3 N–H and O–H groups in total. The van der Waals surface area contributed by atoms with Crippen LogP contribution in [0.4, 0.5) is 0 Å². The summed E-state index contributed by atoms with van der Waals surface area (Å²) in [6.45, 7) is 2.69. The molecule has 0 saturated heterocycles. The molecule has 5 nitrogen and oxygen atoms in total. The Balaban J connectivity index is 1.57. The normalized spacial score (nSPS) is 11.0. The topological polar surface area (TPSA) is 73.6 Å². The first-order valence-corrected chi connectivity index (χ1v) is 7.65. The van der Waals surface area contributed by atoms with Gasteiger partial charge in [0.25, 0.3) is 5.91 Å². The van der Waals surface area contributed by atoms with E-state index in [9.17, 15) is 4.79 Å². The maximum Gasteiger partial charge on any atom is 0.271 e. The molecule has 0 aliphatic carbocycles. The lowest BCUT2D eigenvalue weighted by molar-refractivity contribution is 0.0949. The number of aryl methyl sites for hydroxylation is 1. The van der Waals surface area contributed by atoms with Crippen molar-refractivity contribution in [2.75, 3.05) is 6.54 Å². The summed E-state index contributed by atoms with van der Waals surface area (Å²) in [7, 11) is 0. The lowest BCUT2D eigenvalue weighted by atomic mass is 10.1. The molecule has 5 heteroatoms. The number of para-hydroxylation sites is 1. The van der Waals surface area contributed by atoms with E-state index in [-0.39, 0.29) is 5.91 Å². The van der Waals surface area contributed by atoms with Crippen LogP contribution in [0, 0.1) is 0 Å². The lowest BCUT2D eigenvalue weighted by Crippen LogP contribution is -2.25. The number of hydrogen-bond acceptors (Lipinski definition) is 2. The number of aromatic amines is 2. The van der Waals surface area contributed by atoms with Crippen LogP contribution in [0.25, 0.3) is 10.9 Å². The summed E-state index contributed by atoms with van der Waals surface area (Å²) in [5, 5.41) is 11.1. The molecule has 0 unspecified atom stereocenters. The third-order valence-corrected chi connectivity index (χ3v) is 3.74. The molecule has 0 spiro atoms. The van der Waals surface area contributed by atoms with Crippen LogP contribution < -0.4 is 5.32 Å². The Labute approximate surface area is 129 Å². The molecule has 0 fully saturated rings. The number of aromatic nitrogens is 3. The highest BCUT2D eigenvalue weighted by atomic mass is 16.1. The van der Waals surface area contributed by atoms with Crippen LogP contribution in [0.5, 0.6) is 0 Å². The molecule has 1 amide bonds. The molecule has 0 aliphatic heterocycles. The van der Waals surface area contributed by atoms with E-state index in [2.05, 4.69) is 39.6 Å². The van der Waals surface area contributed by atoms with Gasteiger partial charge in [0.2, 0.25) is 0 Å². The smallest absolute Gasteiger partial charge is 0.271 e. The number of rotatable bonds is 6. The molecule has 2 aromatic heterocycles. The van der Waals surface area contributed by atoms with Crippen molar-refractivity contribution in [3.05, 3.63) is 53.5 Å². The average Bonchev–Trinajstić information content (AvgIpc) is 3.15. The molecule has 114 valence electrons. The first kappa shape index (κ1) is 14.4. The van der Waals surface area contributed by atoms with Gasteiger partial charge in [-0.15, -0.1) is 0 Å². The summed E-state index contributed by atoms with van der Waals surface area (Å²) in [5.74, 6) is -0.126. The molecule has 0 aliphatic rings. The van der Waals surface area contributed by atoms with Crippen molar-refractivity contribution in [3.8, 4) is 0 Å². The van der Waals surface area contributed by atoms with Crippen molar-refractivity contribution < 1.29 is 4.79 Å². The van der Waals surface area contributed by atoms with E-state index in [0.717, 1.165) is 30.5 Å². The van der Waals surface area contributed by atoms with Gasteiger partial charge in [-0.05, 0) is 30.5 Å². The van der Waals surface area contributed by atoms with E-state index in [1.54, 1.807) is 0 Å². The molecular weight excluding hydrogens is 276 g/mol. The fourth-order valence-electron chi connectivity index (χ4n) is 2.62. The van der Waals surface area contributed by atoms with Crippen LogP contribution >= 0.6 is 0 Å². The number of amides is 1. The second-order valence-electron chi connectivity index (χ2n) is 5.39. The zero-order valence-electron chi connectivity index (χ0n) is 12.6. The Hall–Kier alpha value is -2.56. The molecule has 22 heavy (non-hydrogen) atoms. The summed E-state index contributed by atoms with van der Waals surface area (Å²) < 4.78 is 0. The molecule has 0 saturated carbocycles. The molecular formula is C17H20N4O. The summed E-state index contributed by atoms with van der Waals surface area (Å²) in [6.07, 6.45) is 4.74. The van der Waals surface area contributed by atoms with Crippen molar-refractivity contribution in [3.63, 3.8) is 0 Å². The third-order valence-electron chi connectivity index (χ3n) is 3.74. The van der Waals surface area contributed by atoms with E-state index >= 15 is 0 Å². The number of fused-ring (bicyclic) bond motifs is 1. The van der Waals surface area contributed by atoms with Gasteiger partial charge in [0, 0.05) is 29.3 Å². The fraction of sp³-hybridized carbons (Fsp3) is 0.294. The van der Waals surface area contributed by atoms with Crippen LogP contribution in [-0.4, -0.2) is 27.6 Å². The summed E-state index contributed by atoms with van der Waals surface area (Å²) in [6, 6.07) is 10.0. The van der Waals surface area contributed by atoms with Crippen LogP contribution in [0.2, 0.25) is 0 Å². The quantitative estimate of drug-likeness (QED) is 0.654. The predicted octanol–water partition coefficient (Wildman–Crippen LogP) is 2.82. The highest BCUT2D eigenvalue weighted by Gasteiger charge is 2.10. The Morgan fingerprint density at radius 1 is 1.27 bits per heavy atom. The molecule has 1 aromatic carbocycles. The molecule has 3 rings (SSSR count). The van der Waals surface area contributed by atoms with Crippen molar-refractivity contribution >= 4 is 16.8 Å². The molecule has 0 bridgehead atoms. The SMILES string of the molecule is CCCc1cc(C(=O)NCCc2c[nH]c3ccccc23)n[nH]1. The zero-order chi connectivity index (χ0) is 15.4. The number of nitrogens with zero attached hydrogens (tertiary/aromatic N) is 1. The van der Waals surface area contributed by atoms with Crippen LogP contribution in [0.1, 0.15) is 35.1 Å². The Morgan fingerprint density at radius 2 is 2.14 bits per heavy atom. The van der Waals surface area contributed by atoms with E-state index in [1.807, 2.05) is 24.4 Å². The van der Waals surface area contributed by atoms with Gasteiger partial charge >= 0.3 is 0 Å². The van der Waals surface area contributed by atoms with Crippen molar-refractivity contribution in [1.29, 1.82) is 0 Å². The van der Waals surface area contributed by atoms with Crippen molar-refractivity contribution in [2.24, 2.45) is 0 Å². The average molecular weight is 296 g/mol. The monoisotopic (exact) mass is 296 g/mol. The molecule has 0 atom stereocenters. The van der Waals surface area contributed by atoms with E-state index in [4.69, 9.17) is 0 Å². The molecule has 0 radical (unpaired) electrons. The lowest BCUT2D eigenvalue weighted by Gasteiger charge is -2.02. The van der Waals surface area contributed by atoms with E-state index < -0.39 is 0 Å². The third kappa shape index (κ3) is 3.03. The maximum atomic E-state index is 12.1. The van der Waals surface area contributed by atoms with Crippen molar-refractivity contribution in [1.82, 2.24) is 20.5 Å². The number of carbonyl (C=O) groups excluding carboxylic acids is 1. The minimum Gasteiger partial charge on any atom is -0.361 e. The van der Waals surface area contributed by atoms with Crippen LogP contribution in [0.15, 0.2) is 36.5 Å². The second-order valence-corrected chi connectivity index (χ2v) is 5.39. The standard InChI is InChI=1S/C17H20N4O/c1-2-5-13-10-16(21-20-13)17(22)18-9-8-12-11-19-15-7-4-3-6-14(12)15/h3-4,6-7,10-11,19H,2,5,8-9H2,1H3,(H,18,22)(H,20,21). The summed E-state index contributed by atoms with van der Waals surface area (Å²) >= 11 is 0. The predicted molar refractivity (Wildman–Crippen MR) is 86.9 cm³/mol. The largest absolute Gasteiger partial charge is 0.361 e. The van der Waals surface area contributed by atoms with Gasteiger partial charge < -0.3 is 10.3 Å². The minimum absolute atomic E-state index is 0.126. The zero-order valence-corrected chi connectivity index (χ0v) is 12.6. The number of nitrogens with one attached hydrogen (secondary N) is 3. The Bertz CT molecular complexity index is 772. The highest BCUT2D eigenvalue weighted by Crippen LogP contribution is 2.17. The van der Waals surface area contributed by atoms with Crippen LogP contribution in [0.3, 0.4) is 0 Å². The maximum absolute atomic E-state index is 12.1. The summed E-state index contributed by atoms with van der Waals surface area (Å²) in [5.41, 5.74) is 3.80. The van der Waals surface area contributed by atoms with Gasteiger partial charge in [-0.3, -0.25) is 9.89 Å². The Kier molecular flexibility index (Phi) is 4.23. The van der Waals surface area contributed by atoms with Gasteiger partial charge in [0.1, 0.15) is 5.69 Å². The van der Waals surface area contributed by atoms with Gasteiger partial charge in [-0.25, -0.2) is 0 Å². The number of H-pyrrole nitrogens is 2. The number of carbonyl (C=O) groups is 1. The second kappa shape index (κ2) is 6.47. The van der Waals surface area contributed by atoms with Crippen LogP contribution in [-0.2, 0) is 12.8 Å². The van der Waals surface area contributed by atoms with Gasteiger partial charge in [0.05, 0.1) is 0 Å². The first-order chi connectivity index (χ1) is 10.8. The van der Waals surface area contributed by atoms with Gasteiger partial charge in [-0.1, -0.05) is 31.5 Å². The summed E-state index contributed by atoms with van der Waals surface area (Å²) in [4.78, 5) is 15.3. The molecule has 3 aromatic rings. The van der Waals surface area contributed by atoms with E-state index in [0.29, 0.717) is 12.2 Å². The van der Waals surface area contributed by atoms with E-state index in [1.165, 1.54) is 10.9 Å². The highest BCUT2D eigenvalue weighted by molar-refractivity contribution is 5.92. The van der Waals surface area contributed by atoms with Gasteiger partial charge in [-0.2, -0.15) is 5.10 Å². The number of hydrogen-bond donors (Lipinski definition) is 3. The minimum atomic E-state index is -0.126. The van der Waals surface area contributed by atoms with Gasteiger partial charge in [0.15, 0.2) is 0 Å². The van der Waals surface area contributed by atoms with Crippen molar-refractivity contribution in [2.45, 2.75) is 26.2 Å². The number of benzene rings is 1. The molecule has 2 heterocycles. The fourth-order valence-corrected chi connectivity index (χ4v) is 2.62. The first-order valence-electron chi connectivity index (χ1n) is 7.65. The Morgan fingerprint density at radius 3 is 3.00 bits per heavy atom.